The van der Waals surface area contributed by atoms with E-state index in [0.717, 1.165) is 11.1 Å². The molecule has 5 heteroatoms. The maximum Gasteiger partial charge on any atom is 0.196 e. The Labute approximate surface area is 157 Å². The average molecular weight is 386 g/mol. The summed E-state index contributed by atoms with van der Waals surface area (Å²) in [6.45, 7) is 7.87. The zero-order valence-corrected chi connectivity index (χ0v) is 16.2. The van der Waals surface area contributed by atoms with E-state index >= 15 is 0 Å². The zero-order valence-electron chi connectivity index (χ0n) is 14.0. The minimum Gasteiger partial charge on any atom is -0.507 e. The smallest absolute Gasteiger partial charge is 0.196 e. The molecule has 0 heterocycles. The fraction of sp³-hybridized carbons (Fsp3) is 0.316. The van der Waals surface area contributed by atoms with Crippen LogP contribution in [-0.2, 0) is 0 Å². The second-order valence-electron chi connectivity index (χ2n) is 6.39. The second kappa shape index (κ2) is 7.35. The molecule has 0 saturated carbocycles. The number of rotatable bonds is 4. The van der Waals surface area contributed by atoms with Crippen molar-refractivity contribution in [3.05, 3.63) is 61.6 Å². The Bertz CT molecular complexity index is 743. The molecule has 0 unspecified atom stereocenters. The highest BCUT2D eigenvalue weighted by Crippen LogP contribution is 2.37. The normalized spacial score (nSPS) is 11.4. The molecule has 2 rings (SSSR count). The molecule has 2 aromatic rings. The van der Waals surface area contributed by atoms with Gasteiger partial charge in [-0.25, -0.2) is 0 Å². The van der Waals surface area contributed by atoms with E-state index in [2.05, 4.69) is 0 Å². The van der Waals surface area contributed by atoms with E-state index in [4.69, 9.17) is 34.8 Å². The Morgan fingerprint density at radius 1 is 0.875 bits per heavy atom. The molecule has 0 bridgehead atoms. The van der Waals surface area contributed by atoms with Crippen LogP contribution in [0.15, 0.2) is 24.3 Å². The molecule has 0 saturated heterocycles. The van der Waals surface area contributed by atoms with E-state index in [1.165, 1.54) is 12.1 Å². The first kappa shape index (κ1) is 19.1. The SMILES string of the molecule is CC(C)c1cc(C(=O)c2c(Cl)cc(Cl)cc2Cl)cc(C(C)C)c1O. The van der Waals surface area contributed by atoms with Gasteiger partial charge in [-0.05, 0) is 47.2 Å². The molecule has 0 spiro atoms. The molecule has 0 atom stereocenters. The van der Waals surface area contributed by atoms with Crippen LogP contribution in [0.4, 0.5) is 0 Å². The minimum atomic E-state index is -0.287. The second-order valence-corrected chi connectivity index (χ2v) is 7.64. The van der Waals surface area contributed by atoms with Gasteiger partial charge < -0.3 is 5.11 Å². The molecular weight excluding hydrogens is 367 g/mol. The van der Waals surface area contributed by atoms with Crippen molar-refractivity contribution in [3.63, 3.8) is 0 Å². The van der Waals surface area contributed by atoms with Crippen LogP contribution >= 0.6 is 34.8 Å². The number of carbonyl (C=O) groups is 1. The van der Waals surface area contributed by atoms with Crippen LogP contribution in [0.5, 0.6) is 5.75 Å². The molecule has 1 N–H and O–H groups in total. The van der Waals surface area contributed by atoms with Crippen molar-refractivity contribution >= 4 is 40.6 Å². The van der Waals surface area contributed by atoms with Gasteiger partial charge in [-0.3, -0.25) is 4.79 Å². The molecule has 0 radical (unpaired) electrons. The number of carbonyl (C=O) groups excluding carboxylic acids is 1. The third-order valence-corrected chi connectivity index (χ3v) is 4.72. The van der Waals surface area contributed by atoms with Crippen molar-refractivity contribution in [1.82, 2.24) is 0 Å². The van der Waals surface area contributed by atoms with Crippen molar-refractivity contribution < 1.29 is 9.90 Å². The minimum absolute atomic E-state index is 0.0754. The number of hydrogen-bond donors (Lipinski definition) is 1. The van der Waals surface area contributed by atoms with Gasteiger partial charge in [0.15, 0.2) is 5.78 Å². The molecule has 0 aliphatic rings. The lowest BCUT2D eigenvalue weighted by atomic mass is 9.89. The van der Waals surface area contributed by atoms with Gasteiger partial charge in [0.25, 0.3) is 0 Å². The Balaban J connectivity index is 2.66. The topological polar surface area (TPSA) is 37.3 Å². The first-order valence-electron chi connectivity index (χ1n) is 7.69. The summed E-state index contributed by atoms with van der Waals surface area (Å²) < 4.78 is 0. The van der Waals surface area contributed by atoms with Crippen LogP contribution in [0, 0.1) is 0 Å². The van der Waals surface area contributed by atoms with Crippen molar-refractivity contribution in [1.29, 1.82) is 0 Å². The maximum absolute atomic E-state index is 13.0. The van der Waals surface area contributed by atoms with Crippen molar-refractivity contribution in [2.75, 3.05) is 0 Å². The fourth-order valence-corrected chi connectivity index (χ4v) is 3.58. The van der Waals surface area contributed by atoms with Gasteiger partial charge in [-0.15, -0.1) is 0 Å². The van der Waals surface area contributed by atoms with Gasteiger partial charge in [0, 0.05) is 10.6 Å². The Hall–Kier alpha value is -1.22. The summed E-state index contributed by atoms with van der Waals surface area (Å²) in [6.07, 6.45) is 0. The van der Waals surface area contributed by atoms with Gasteiger partial charge in [0.2, 0.25) is 0 Å². The molecule has 0 amide bonds. The summed E-state index contributed by atoms with van der Waals surface area (Å²) in [5.41, 5.74) is 2.13. The zero-order chi connectivity index (χ0) is 18.2. The highest BCUT2D eigenvalue weighted by Gasteiger charge is 2.22. The maximum atomic E-state index is 13.0. The number of benzene rings is 2. The predicted octanol–water partition coefficient (Wildman–Crippen LogP) is 6.83. The van der Waals surface area contributed by atoms with Crippen LogP contribution in [0.25, 0.3) is 0 Å². The summed E-state index contributed by atoms with van der Waals surface area (Å²) in [6, 6.07) is 6.40. The number of ketones is 1. The standard InChI is InChI=1S/C19H19Cl3O2/c1-9(2)13-5-11(6-14(10(3)4)19(13)24)18(23)17-15(21)7-12(20)8-16(17)22/h5-10,24H,1-4H3. The van der Waals surface area contributed by atoms with Crippen molar-refractivity contribution in [3.8, 4) is 5.75 Å². The number of phenols is 1. The van der Waals surface area contributed by atoms with Crippen molar-refractivity contribution in [2.24, 2.45) is 0 Å². The van der Waals surface area contributed by atoms with Crippen molar-refractivity contribution in [2.45, 2.75) is 39.5 Å². The van der Waals surface area contributed by atoms with E-state index in [9.17, 15) is 9.90 Å². The molecule has 0 aliphatic heterocycles. The van der Waals surface area contributed by atoms with Crippen LogP contribution in [0.1, 0.15) is 66.6 Å². The first-order valence-corrected chi connectivity index (χ1v) is 8.82. The highest BCUT2D eigenvalue weighted by atomic mass is 35.5. The quantitative estimate of drug-likeness (QED) is 0.585. The number of hydrogen-bond acceptors (Lipinski definition) is 2. The molecule has 0 aromatic heterocycles. The van der Waals surface area contributed by atoms with Crippen LogP contribution < -0.4 is 0 Å². The number of phenolic OH excluding ortho intramolecular Hbond substituents is 1. The Morgan fingerprint density at radius 2 is 1.29 bits per heavy atom. The Kier molecular flexibility index (Phi) is 5.85. The summed E-state index contributed by atoms with van der Waals surface area (Å²) in [5.74, 6) is 0.105. The summed E-state index contributed by atoms with van der Waals surface area (Å²) >= 11 is 18.3. The van der Waals surface area contributed by atoms with E-state index in [-0.39, 0.29) is 39.0 Å². The lowest BCUT2D eigenvalue weighted by Crippen LogP contribution is -2.07. The summed E-state index contributed by atoms with van der Waals surface area (Å²) in [7, 11) is 0. The largest absolute Gasteiger partial charge is 0.507 e. The van der Waals surface area contributed by atoms with E-state index in [1.807, 2.05) is 27.7 Å². The van der Waals surface area contributed by atoms with E-state index in [0.29, 0.717) is 10.6 Å². The fourth-order valence-electron chi connectivity index (χ4n) is 2.59. The molecule has 0 aliphatic carbocycles. The van der Waals surface area contributed by atoms with Crippen LogP contribution in [0.2, 0.25) is 15.1 Å². The lowest BCUT2D eigenvalue weighted by molar-refractivity contribution is 0.103. The molecular formula is C19H19Cl3O2. The lowest BCUT2D eigenvalue weighted by Gasteiger charge is -2.17. The molecule has 128 valence electrons. The number of aromatic hydroxyl groups is 1. The third kappa shape index (κ3) is 3.72. The number of halogens is 3. The third-order valence-electron chi connectivity index (χ3n) is 3.91. The first-order chi connectivity index (χ1) is 11.1. The Morgan fingerprint density at radius 3 is 1.67 bits per heavy atom. The van der Waals surface area contributed by atoms with Crippen LogP contribution in [0.3, 0.4) is 0 Å². The van der Waals surface area contributed by atoms with Gasteiger partial charge in [0.05, 0.1) is 15.6 Å². The van der Waals surface area contributed by atoms with Crippen LogP contribution in [-0.4, -0.2) is 10.9 Å². The van der Waals surface area contributed by atoms with Gasteiger partial charge >= 0.3 is 0 Å². The van der Waals surface area contributed by atoms with Gasteiger partial charge in [-0.1, -0.05) is 62.5 Å². The average Bonchev–Trinajstić information content (AvgIpc) is 2.45. The summed E-state index contributed by atoms with van der Waals surface area (Å²) in [4.78, 5) is 13.0. The van der Waals surface area contributed by atoms with Gasteiger partial charge in [0.1, 0.15) is 5.75 Å². The molecule has 2 aromatic carbocycles. The predicted molar refractivity (Wildman–Crippen MR) is 101 cm³/mol. The molecule has 2 nitrogen and oxygen atoms in total. The molecule has 0 fully saturated rings. The van der Waals surface area contributed by atoms with Gasteiger partial charge in [-0.2, -0.15) is 0 Å². The van der Waals surface area contributed by atoms with E-state index in [1.54, 1.807) is 12.1 Å². The summed E-state index contributed by atoms with van der Waals surface area (Å²) in [5, 5.41) is 11.3. The van der Waals surface area contributed by atoms with E-state index < -0.39 is 0 Å². The highest BCUT2D eigenvalue weighted by molar-refractivity contribution is 6.43. The monoisotopic (exact) mass is 384 g/mol. The molecule has 24 heavy (non-hydrogen) atoms.